The molecule has 25 heavy (non-hydrogen) atoms. The van der Waals surface area contributed by atoms with Crippen molar-refractivity contribution in [3.8, 4) is 11.5 Å². The second-order valence-corrected chi connectivity index (χ2v) is 4.96. The number of carbonyl (C=O) groups is 1. The summed E-state index contributed by atoms with van der Waals surface area (Å²) < 4.78 is 5.68. The molecule has 1 heterocycles. The quantitative estimate of drug-likeness (QED) is 0.425. The molecule has 124 valence electrons. The van der Waals surface area contributed by atoms with Gasteiger partial charge in [-0.05, 0) is 42.5 Å². The van der Waals surface area contributed by atoms with Crippen molar-refractivity contribution in [2.45, 2.75) is 0 Å². The summed E-state index contributed by atoms with van der Waals surface area (Å²) in [6.45, 7) is 0. The smallest absolute Gasteiger partial charge is 0.437 e. The van der Waals surface area contributed by atoms with E-state index in [1.165, 1.54) is 6.21 Å². The van der Waals surface area contributed by atoms with Crippen molar-refractivity contribution in [2.75, 3.05) is 5.32 Å². The summed E-state index contributed by atoms with van der Waals surface area (Å²) in [5.41, 5.74) is 1.31. The van der Waals surface area contributed by atoms with Gasteiger partial charge in [-0.25, -0.2) is 4.79 Å². The number of nitrogens with zero attached hydrogens (tertiary/aromatic N) is 2. The predicted molar refractivity (Wildman–Crippen MR) is 94.9 cm³/mol. The molecule has 0 aliphatic heterocycles. The number of amides is 1. The van der Waals surface area contributed by atoms with Gasteiger partial charge in [0.25, 0.3) is 0 Å². The molecule has 0 unspecified atom stereocenters. The summed E-state index contributed by atoms with van der Waals surface area (Å²) in [5.74, 6) is 1.41. The van der Waals surface area contributed by atoms with Crippen LogP contribution in [-0.2, 0) is 4.84 Å². The molecule has 1 amide bonds. The van der Waals surface area contributed by atoms with Crippen LogP contribution in [-0.4, -0.2) is 17.3 Å². The maximum atomic E-state index is 11.7. The van der Waals surface area contributed by atoms with Gasteiger partial charge in [0.2, 0.25) is 0 Å². The van der Waals surface area contributed by atoms with Crippen molar-refractivity contribution >= 4 is 18.0 Å². The van der Waals surface area contributed by atoms with Crippen LogP contribution in [0.15, 0.2) is 84.3 Å². The van der Waals surface area contributed by atoms with E-state index in [1.54, 1.807) is 48.8 Å². The van der Waals surface area contributed by atoms with Gasteiger partial charge in [0, 0.05) is 23.6 Å². The third-order valence-electron chi connectivity index (χ3n) is 3.10. The third kappa shape index (κ3) is 5.18. The van der Waals surface area contributed by atoms with Gasteiger partial charge in [-0.1, -0.05) is 29.4 Å². The van der Waals surface area contributed by atoms with Crippen LogP contribution in [0.25, 0.3) is 0 Å². The SMILES string of the molecule is O=C(Nc1ccc(Oc2ccccc2)cc1)ON=Cc1cccnc1. The van der Waals surface area contributed by atoms with Crippen molar-refractivity contribution in [2.24, 2.45) is 5.16 Å². The number of anilines is 1. The molecule has 0 spiro atoms. The fourth-order valence-corrected chi connectivity index (χ4v) is 1.96. The Balaban J connectivity index is 1.51. The van der Waals surface area contributed by atoms with Crippen LogP contribution in [0.1, 0.15) is 5.56 Å². The normalized spacial score (nSPS) is 10.4. The molecule has 1 N–H and O–H groups in total. The predicted octanol–water partition coefficient (Wildman–Crippen LogP) is 4.46. The molecule has 0 aliphatic rings. The molecule has 0 saturated carbocycles. The van der Waals surface area contributed by atoms with E-state index in [9.17, 15) is 4.79 Å². The maximum absolute atomic E-state index is 11.7. The average Bonchev–Trinajstić information content (AvgIpc) is 2.65. The number of hydrogen-bond donors (Lipinski definition) is 1. The van der Waals surface area contributed by atoms with Crippen LogP contribution in [0.5, 0.6) is 11.5 Å². The molecule has 3 rings (SSSR count). The first-order valence-corrected chi connectivity index (χ1v) is 7.54. The van der Waals surface area contributed by atoms with Gasteiger partial charge in [-0.3, -0.25) is 15.1 Å². The zero-order valence-corrected chi connectivity index (χ0v) is 13.2. The standard InChI is InChI=1S/C19H15N3O3/c23-19(25-21-14-15-5-4-12-20-13-15)22-16-8-10-18(11-9-16)24-17-6-2-1-3-7-17/h1-14H,(H,22,23). The summed E-state index contributed by atoms with van der Waals surface area (Å²) in [4.78, 5) is 20.3. The van der Waals surface area contributed by atoms with E-state index in [4.69, 9.17) is 9.57 Å². The minimum atomic E-state index is -0.683. The number of hydrogen-bond acceptors (Lipinski definition) is 5. The Labute approximate surface area is 144 Å². The fourth-order valence-electron chi connectivity index (χ4n) is 1.96. The number of aromatic nitrogens is 1. The van der Waals surface area contributed by atoms with Gasteiger partial charge < -0.3 is 4.74 Å². The van der Waals surface area contributed by atoms with Crippen molar-refractivity contribution in [1.82, 2.24) is 4.98 Å². The number of para-hydroxylation sites is 1. The number of nitrogens with one attached hydrogen (secondary N) is 1. The second kappa shape index (κ2) is 8.26. The van der Waals surface area contributed by atoms with Gasteiger partial charge in [0.05, 0.1) is 6.21 Å². The molecule has 0 saturated heterocycles. The summed E-state index contributed by atoms with van der Waals surface area (Å²) in [6, 6.07) is 19.9. The highest BCUT2D eigenvalue weighted by atomic mass is 16.7. The first-order valence-electron chi connectivity index (χ1n) is 7.54. The summed E-state index contributed by atoms with van der Waals surface area (Å²) in [5, 5.41) is 6.18. The van der Waals surface area contributed by atoms with E-state index in [2.05, 4.69) is 15.5 Å². The van der Waals surface area contributed by atoms with Gasteiger partial charge in [0.1, 0.15) is 11.5 Å². The Kier molecular flexibility index (Phi) is 5.35. The Hall–Kier alpha value is -3.67. The topological polar surface area (TPSA) is 72.8 Å². The van der Waals surface area contributed by atoms with E-state index in [0.717, 1.165) is 11.3 Å². The number of oxime groups is 1. The highest BCUT2D eigenvalue weighted by Crippen LogP contribution is 2.22. The zero-order valence-electron chi connectivity index (χ0n) is 13.2. The molecule has 0 aliphatic carbocycles. The highest BCUT2D eigenvalue weighted by molar-refractivity contribution is 5.85. The lowest BCUT2D eigenvalue weighted by molar-refractivity contribution is 0.167. The van der Waals surface area contributed by atoms with E-state index in [1.807, 2.05) is 30.3 Å². The number of pyridine rings is 1. The lowest BCUT2D eigenvalue weighted by Gasteiger charge is -2.07. The number of ether oxygens (including phenoxy) is 1. The number of carbonyl (C=O) groups excluding carboxylic acids is 1. The van der Waals surface area contributed by atoms with Crippen LogP contribution in [0.3, 0.4) is 0 Å². The van der Waals surface area contributed by atoms with Gasteiger partial charge in [0.15, 0.2) is 0 Å². The van der Waals surface area contributed by atoms with Crippen LogP contribution in [0.2, 0.25) is 0 Å². The first kappa shape index (κ1) is 16.2. The molecule has 0 atom stereocenters. The lowest BCUT2D eigenvalue weighted by atomic mass is 10.3. The molecule has 1 aromatic heterocycles. The zero-order chi connectivity index (χ0) is 17.3. The van der Waals surface area contributed by atoms with E-state index in [0.29, 0.717) is 11.4 Å². The van der Waals surface area contributed by atoms with Crippen molar-refractivity contribution in [3.05, 3.63) is 84.7 Å². The van der Waals surface area contributed by atoms with Crippen molar-refractivity contribution in [1.29, 1.82) is 0 Å². The Morgan fingerprint density at radius 1 is 0.960 bits per heavy atom. The van der Waals surface area contributed by atoms with E-state index >= 15 is 0 Å². The maximum Gasteiger partial charge on any atom is 0.437 e. The number of rotatable bonds is 5. The monoisotopic (exact) mass is 333 g/mol. The highest BCUT2D eigenvalue weighted by Gasteiger charge is 2.03. The minimum absolute atomic E-state index is 0.571. The molecule has 0 bridgehead atoms. The Bertz CT molecular complexity index is 835. The van der Waals surface area contributed by atoms with Gasteiger partial charge >= 0.3 is 6.09 Å². The van der Waals surface area contributed by atoms with Crippen molar-refractivity contribution in [3.63, 3.8) is 0 Å². The Morgan fingerprint density at radius 2 is 1.72 bits per heavy atom. The van der Waals surface area contributed by atoms with Crippen molar-refractivity contribution < 1.29 is 14.4 Å². The third-order valence-corrected chi connectivity index (χ3v) is 3.10. The molecule has 0 fully saturated rings. The molecule has 0 radical (unpaired) electrons. The molecule has 3 aromatic rings. The first-order chi connectivity index (χ1) is 12.3. The minimum Gasteiger partial charge on any atom is -0.457 e. The van der Waals surface area contributed by atoms with Crippen LogP contribution < -0.4 is 10.1 Å². The lowest BCUT2D eigenvalue weighted by Crippen LogP contribution is -2.10. The largest absolute Gasteiger partial charge is 0.457 e. The second-order valence-electron chi connectivity index (χ2n) is 4.96. The van der Waals surface area contributed by atoms with E-state index < -0.39 is 6.09 Å². The van der Waals surface area contributed by atoms with Gasteiger partial charge in [-0.15, -0.1) is 0 Å². The molecular weight excluding hydrogens is 318 g/mol. The Morgan fingerprint density at radius 3 is 2.44 bits per heavy atom. The van der Waals surface area contributed by atoms with Crippen LogP contribution in [0, 0.1) is 0 Å². The van der Waals surface area contributed by atoms with Crippen LogP contribution >= 0.6 is 0 Å². The molecule has 2 aromatic carbocycles. The average molecular weight is 333 g/mol. The summed E-state index contributed by atoms with van der Waals surface area (Å²) in [7, 11) is 0. The number of benzene rings is 2. The molecular formula is C19H15N3O3. The summed E-state index contributed by atoms with van der Waals surface area (Å²) in [6.07, 6.45) is 3.98. The fraction of sp³-hybridized carbons (Fsp3) is 0. The molecule has 6 heteroatoms. The van der Waals surface area contributed by atoms with Crippen LogP contribution in [0.4, 0.5) is 10.5 Å². The summed E-state index contributed by atoms with van der Waals surface area (Å²) >= 11 is 0. The van der Waals surface area contributed by atoms with E-state index in [-0.39, 0.29) is 0 Å². The molecule has 6 nitrogen and oxygen atoms in total. The van der Waals surface area contributed by atoms with Gasteiger partial charge in [-0.2, -0.15) is 0 Å².